The third kappa shape index (κ3) is 5.24. The van der Waals surface area contributed by atoms with Crippen LogP contribution in [0.15, 0.2) is 58.8 Å². The van der Waals surface area contributed by atoms with Gasteiger partial charge < -0.3 is 16.3 Å². The van der Waals surface area contributed by atoms with E-state index >= 15 is 0 Å². The fourth-order valence-corrected chi connectivity index (χ4v) is 2.64. The van der Waals surface area contributed by atoms with Crippen LogP contribution in [-0.4, -0.2) is 40.0 Å². The van der Waals surface area contributed by atoms with E-state index in [4.69, 9.17) is 16.8 Å². The summed E-state index contributed by atoms with van der Waals surface area (Å²) in [6, 6.07) is 14.0. The van der Waals surface area contributed by atoms with E-state index in [9.17, 15) is 4.79 Å². The Hall–Kier alpha value is -4.65. The van der Waals surface area contributed by atoms with Crippen LogP contribution in [0.5, 0.6) is 0 Å². The van der Waals surface area contributed by atoms with Gasteiger partial charge in [-0.15, -0.1) is 0 Å². The maximum Gasteiger partial charge on any atom is 0.339 e. The number of hydrogen-bond donors (Lipinski definition) is 2. The molecule has 0 aliphatic rings. The molecule has 2 aromatic heterocycles. The summed E-state index contributed by atoms with van der Waals surface area (Å²) in [5.41, 5.74) is 9.24. The standard InChI is InChI=1S/C21H18N8O2/c1-31-20(30)15-5-6-16(26-10-15)11-25-12-19(29-24)18-8-17(27-21(23)28-18)14-4-2-3-13(7-14)9-22/h2-8,10,12H,11,24H2,1H3,(H2,23,27,28). The fraction of sp³-hybridized carbons (Fsp3) is 0.0952. The number of esters is 1. The first-order valence-electron chi connectivity index (χ1n) is 9.00. The molecule has 0 unspecified atom stereocenters. The van der Waals surface area contributed by atoms with Crippen LogP contribution in [0.2, 0.25) is 0 Å². The molecule has 1 aromatic carbocycles. The first-order chi connectivity index (χ1) is 15.0. The summed E-state index contributed by atoms with van der Waals surface area (Å²) in [4.78, 5) is 28.3. The van der Waals surface area contributed by atoms with Crippen molar-refractivity contribution < 1.29 is 9.53 Å². The summed E-state index contributed by atoms with van der Waals surface area (Å²) in [5, 5.41) is 12.8. The van der Waals surface area contributed by atoms with Crippen molar-refractivity contribution in [1.29, 1.82) is 5.26 Å². The zero-order valence-corrected chi connectivity index (χ0v) is 16.6. The molecule has 10 nitrogen and oxygen atoms in total. The molecule has 10 heteroatoms. The summed E-state index contributed by atoms with van der Waals surface area (Å²) < 4.78 is 4.64. The van der Waals surface area contributed by atoms with Gasteiger partial charge in [0, 0.05) is 11.8 Å². The van der Waals surface area contributed by atoms with Crippen LogP contribution in [-0.2, 0) is 11.3 Å². The van der Waals surface area contributed by atoms with E-state index < -0.39 is 5.97 Å². The predicted molar refractivity (Wildman–Crippen MR) is 115 cm³/mol. The Bertz CT molecular complexity index is 1200. The lowest BCUT2D eigenvalue weighted by Crippen LogP contribution is -2.11. The molecule has 0 saturated heterocycles. The van der Waals surface area contributed by atoms with Gasteiger partial charge in [-0.2, -0.15) is 10.4 Å². The zero-order valence-electron chi connectivity index (χ0n) is 16.6. The summed E-state index contributed by atoms with van der Waals surface area (Å²) in [7, 11) is 1.31. The number of carbonyl (C=O) groups is 1. The number of aliphatic imine (C=N–C) groups is 1. The minimum Gasteiger partial charge on any atom is -0.465 e. The van der Waals surface area contributed by atoms with Gasteiger partial charge in [0.2, 0.25) is 5.95 Å². The van der Waals surface area contributed by atoms with E-state index in [2.05, 4.69) is 35.9 Å². The van der Waals surface area contributed by atoms with Gasteiger partial charge >= 0.3 is 5.97 Å². The summed E-state index contributed by atoms with van der Waals surface area (Å²) in [5.74, 6) is 5.09. The Morgan fingerprint density at radius 1 is 1.26 bits per heavy atom. The molecule has 0 aliphatic carbocycles. The molecule has 0 saturated carbocycles. The third-order valence-corrected chi connectivity index (χ3v) is 4.15. The van der Waals surface area contributed by atoms with E-state index in [-0.39, 0.29) is 18.2 Å². The summed E-state index contributed by atoms with van der Waals surface area (Å²) >= 11 is 0. The zero-order chi connectivity index (χ0) is 22.2. The van der Waals surface area contributed by atoms with E-state index in [0.29, 0.717) is 33.8 Å². The Kier molecular flexibility index (Phi) is 6.60. The Morgan fingerprint density at radius 2 is 2.10 bits per heavy atom. The van der Waals surface area contributed by atoms with Crippen molar-refractivity contribution in [1.82, 2.24) is 15.0 Å². The van der Waals surface area contributed by atoms with Crippen LogP contribution < -0.4 is 11.6 Å². The van der Waals surface area contributed by atoms with Crippen LogP contribution in [0.1, 0.15) is 27.3 Å². The van der Waals surface area contributed by atoms with E-state index in [1.807, 2.05) is 6.07 Å². The first kappa shape index (κ1) is 21.1. The number of anilines is 1. The van der Waals surface area contributed by atoms with Crippen molar-refractivity contribution in [2.24, 2.45) is 15.9 Å². The molecule has 154 valence electrons. The maximum atomic E-state index is 11.5. The number of nitriles is 1. The Balaban J connectivity index is 1.80. The van der Waals surface area contributed by atoms with Crippen molar-refractivity contribution in [3.05, 3.63) is 71.2 Å². The van der Waals surface area contributed by atoms with Gasteiger partial charge in [-0.3, -0.25) is 9.98 Å². The van der Waals surface area contributed by atoms with Crippen molar-refractivity contribution in [2.75, 3.05) is 12.8 Å². The Morgan fingerprint density at radius 3 is 2.77 bits per heavy atom. The van der Waals surface area contributed by atoms with E-state index in [1.165, 1.54) is 19.5 Å². The first-order valence-corrected chi connectivity index (χ1v) is 9.00. The average Bonchev–Trinajstić information content (AvgIpc) is 2.81. The molecule has 0 radical (unpaired) electrons. The third-order valence-electron chi connectivity index (χ3n) is 4.15. The number of pyridine rings is 1. The molecule has 3 aromatic rings. The smallest absolute Gasteiger partial charge is 0.339 e. The van der Waals surface area contributed by atoms with Gasteiger partial charge in [0.25, 0.3) is 0 Å². The molecular weight excluding hydrogens is 396 g/mol. The highest BCUT2D eigenvalue weighted by Gasteiger charge is 2.10. The number of nitrogens with two attached hydrogens (primary N) is 2. The molecule has 4 N–H and O–H groups in total. The second kappa shape index (κ2) is 9.71. The monoisotopic (exact) mass is 414 g/mol. The van der Waals surface area contributed by atoms with E-state index in [1.54, 1.807) is 36.4 Å². The van der Waals surface area contributed by atoms with Gasteiger partial charge in [0.05, 0.1) is 54.1 Å². The minimum absolute atomic E-state index is 0.0319. The number of aromatic nitrogens is 3. The molecule has 2 heterocycles. The number of methoxy groups -OCH3 is 1. The van der Waals surface area contributed by atoms with Crippen molar-refractivity contribution >= 4 is 23.8 Å². The minimum atomic E-state index is -0.461. The number of ether oxygens (including phenoxy) is 1. The summed E-state index contributed by atoms with van der Waals surface area (Å²) in [6.45, 7) is 0.234. The van der Waals surface area contributed by atoms with Crippen molar-refractivity contribution in [3.8, 4) is 17.3 Å². The highest BCUT2D eigenvalue weighted by molar-refractivity contribution is 6.37. The number of rotatable bonds is 6. The van der Waals surface area contributed by atoms with Crippen LogP contribution in [0, 0.1) is 11.3 Å². The molecule has 0 spiro atoms. The molecule has 0 bridgehead atoms. The summed E-state index contributed by atoms with van der Waals surface area (Å²) in [6.07, 6.45) is 2.87. The normalized spacial score (nSPS) is 11.3. The number of hydrogen-bond acceptors (Lipinski definition) is 10. The number of nitrogens with zero attached hydrogens (tertiary/aromatic N) is 6. The molecule has 31 heavy (non-hydrogen) atoms. The van der Waals surface area contributed by atoms with Gasteiger partial charge in [0.15, 0.2) is 0 Å². The van der Waals surface area contributed by atoms with Crippen molar-refractivity contribution in [3.63, 3.8) is 0 Å². The lowest BCUT2D eigenvalue weighted by atomic mass is 10.1. The molecule has 0 fully saturated rings. The highest BCUT2D eigenvalue weighted by atomic mass is 16.5. The van der Waals surface area contributed by atoms with Crippen LogP contribution >= 0.6 is 0 Å². The second-order valence-corrected chi connectivity index (χ2v) is 6.20. The molecule has 0 atom stereocenters. The van der Waals surface area contributed by atoms with Crippen LogP contribution in [0.4, 0.5) is 5.95 Å². The Labute approximate surface area is 178 Å². The van der Waals surface area contributed by atoms with Crippen LogP contribution in [0.25, 0.3) is 11.3 Å². The lowest BCUT2D eigenvalue weighted by Gasteiger charge is -2.06. The van der Waals surface area contributed by atoms with Gasteiger partial charge in [-0.05, 0) is 30.3 Å². The molecule has 3 rings (SSSR count). The predicted octanol–water partition coefficient (Wildman–Crippen LogP) is 1.71. The lowest BCUT2D eigenvalue weighted by molar-refractivity contribution is 0.0600. The van der Waals surface area contributed by atoms with E-state index in [0.717, 1.165) is 0 Å². The van der Waals surface area contributed by atoms with Crippen molar-refractivity contribution in [2.45, 2.75) is 6.54 Å². The maximum absolute atomic E-state index is 11.5. The highest BCUT2D eigenvalue weighted by Crippen LogP contribution is 2.20. The molecule has 0 amide bonds. The van der Waals surface area contributed by atoms with Gasteiger partial charge in [-0.25, -0.2) is 14.8 Å². The fourth-order valence-electron chi connectivity index (χ4n) is 2.64. The molecular formula is C21H18N8O2. The number of nitrogen functional groups attached to an aromatic ring is 1. The quantitative estimate of drug-likeness (QED) is 0.266. The average molecular weight is 414 g/mol. The largest absolute Gasteiger partial charge is 0.465 e. The topological polar surface area (TPSA) is 166 Å². The van der Waals surface area contributed by atoms with Gasteiger partial charge in [0.1, 0.15) is 5.71 Å². The number of carbonyl (C=O) groups excluding carboxylic acids is 1. The number of benzene rings is 1. The number of hydrazone groups is 1. The molecule has 0 aliphatic heterocycles. The SMILES string of the molecule is COC(=O)c1ccc(CN=CC(=NN)c2cc(-c3cccc(C#N)c3)nc(N)n2)nc1. The van der Waals surface area contributed by atoms with Gasteiger partial charge in [-0.1, -0.05) is 12.1 Å². The van der Waals surface area contributed by atoms with Crippen LogP contribution in [0.3, 0.4) is 0 Å². The second-order valence-electron chi connectivity index (χ2n) is 6.20.